The highest BCUT2D eigenvalue weighted by molar-refractivity contribution is 5.86. The van der Waals surface area contributed by atoms with Gasteiger partial charge in [-0.25, -0.2) is 9.48 Å². The van der Waals surface area contributed by atoms with Crippen LogP contribution in [0.15, 0.2) is 0 Å². The van der Waals surface area contributed by atoms with Gasteiger partial charge in [0.2, 0.25) is 0 Å². The van der Waals surface area contributed by atoms with E-state index in [1.54, 1.807) is 4.68 Å². The Morgan fingerprint density at radius 3 is 2.89 bits per heavy atom. The van der Waals surface area contributed by atoms with Gasteiger partial charge in [0.1, 0.15) is 0 Å². The van der Waals surface area contributed by atoms with Crippen LogP contribution in [0.4, 0.5) is 0 Å². The molecule has 2 fully saturated rings. The van der Waals surface area contributed by atoms with Crippen LogP contribution >= 0.6 is 0 Å². The fourth-order valence-corrected chi connectivity index (χ4v) is 2.54. The van der Waals surface area contributed by atoms with E-state index in [0.717, 1.165) is 44.4 Å². The topological polar surface area (TPSA) is 77.2 Å². The summed E-state index contributed by atoms with van der Waals surface area (Å²) in [5.41, 5.74) is 0.935. The van der Waals surface area contributed by atoms with E-state index in [-0.39, 0.29) is 5.69 Å². The highest BCUT2D eigenvalue weighted by Crippen LogP contribution is 2.41. The molecule has 1 saturated carbocycles. The van der Waals surface area contributed by atoms with Gasteiger partial charge in [-0.05, 0) is 32.1 Å². The Bertz CT molecular complexity index is 447. The van der Waals surface area contributed by atoms with Gasteiger partial charge in [0.15, 0.2) is 5.69 Å². The quantitative estimate of drug-likeness (QED) is 0.856. The minimum atomic E-state index is -0.972. The number of rotatable bonds is 5. The largest absolute Gasteiger partial charge is 0.476 e. The molecule has 0 radical (unpaired) electrons. The maximum Gasteiger partial charge on any atom is 0.358 e. The second-order valence-corrected chi connectivity index (χ2v) is 5.05. The molecule has 1 aromatic rings. The second kappa shape index (κ2) is 4.68. The lowest BCUT2D eigenvalue weighted by Gasteiger charge is -2.10. The lowest BCUT2D eigenvalue weighted by Crippen LogP contribution is -2.13. The average molecular weight is 251 g/mol. The van der Waals surface area contributed by atoms with E-state index in [1.165, 1.54) is 0 Å². The number of aromatic nitrogens is 3. The van der Waals surface area contributed by atoms with Crippen LogP contribution < -0.4 is 0 Å². The number of aromatic carboxylic acids is 1. The van der Waals surface area contributed by atoms with Gasteiger partial charge in [-0.15, -0.1) is 5.10 Å². The molecule has 1 saturated heterocycles. The van der Waals surface area contributed by atoms with E-state index in [1.807, 2.05) is 0 Å². The number of carboxylic acids is 1. The first-order valence-corrected chi connectivity index (χ1v) is 6.54. The minimum Gasteiger partial charge on any atom is -0.476 e. The summed E-state index contributed by atoms with van der Waals surface area (Å²) in [5, 5.41) is 16.9. The zero-order valence-electron chi connectivity index (χ0n) is 10.2. The first-order valence-electron chi connectivity index (χ1n) is 6.54. The van der Waals surface area contributed by atoms with Gasteiger partial charge in [0.05, 0.1) is 11.8 Å². The molecule has 6 heteroatoms. The Labute approximate surface area is 105 Å². The summed E-state index contributed by atoms with van der Waals surface area (Å²) in [6, 6.07) is 0. The number of aryl methyl sites for hydroxylation is 1. The number of carbonyl (C=O) groups is 1. The maximum atomic E-state index is 11.1. The number of nitrogens with zero attached hydrogens (tertiary/aromatic N) is 3. The standard InChI is InChI=1S/C12H17N3O3/c16-12(17)10-11(8-3-4-8)15(14-13-10)6-5-9-2-1-7-18-9/h8-9H,1-7H2,(H,16,17). The van der Waals surface area contributed by atoms with Crippen LogP contribution in [0.25, 0.3) is 0 Å². The van der Waals surface area contributed by atoms with Gasteiger partial charge in [-0.3, -0.25) is 0 Å². The lowest BCUT2D eigenvalue weighted by atomic mass is 10.1. The summed E-state index contributed by atoms with van der Waals surface area (Å²) < 4.78 is 7.33. The van der Waals surface area contributed by atoms with Gasteiger partial charge in [0, 0.05) is 19.1 Å². The third kappa shape index (κ3) is 2.25. The van der Waals surface area contributed by atoms with Crippen LogP contribution in [-0.2, 0) is 11.3 Å². The molecule has 1 atom stereocenters. The van der Waals surface area contributed by atoms with E-state index in [4.69, 9.17) is 9.84 Å². The Balaban J connectivity index is 1.72. The lowest BCUT2D eigenvalue weighted by molar-refractivity contribution is 0.0689. The number of carboxylic acid groups (broad SMARTS) is 1. The van der Waals surface area contributed by atoms with Crippen LogP contribution in [0.1, 0.15) is 54.2 Å². The molecule has 0 bridgehead atoms. The molecule has 3 rings (SSSR count). The Morgan fingerprint density at radius 1 is 1.44 bits per heavy atom. The first-order chi connectivity index (χ1) is 8.75. The summed E-state index contributed by atoms with van der Waals surface area (Å²) in [6.45, 7) is 1.55. The Kier molecular flexibility index (Phi) is 3.03. The molecule has 1 N–H and O–H groups in total. The van der Waals surface area contributed by atoms with Crippen molar-refractivity contribution >= 4 is 5.97 Å². The Morgan fingerprint density at radius 2 is 2.28 bits per heavy atom. The fraction of sp³-hybridized carbons (Fsp3) is 0.750. The monoisotopic (exact) mass is 251 g/mol. The van der Waals surface area contributed by atoms with E-state index in [9.17, 15) is 4.79 Å². The van der Waals surface area contributed by atoms with E-state index < -0.39 is 5.97 Å². The molecule has 1 aliphatic carbocycles. The van der Waals surface area contributed by atoms with Crippen molar-refractivity contribution in [3.8, 4) is 0 Å². The molecular formula is C12H17N3O3. The van der Waals surface area contributed by atoms with Crippen LogP contribution in [0, 0.1) is 0 Å². The number of hydrogen-bond donors (Lipinski definition) is 1. The van der Waals surface area contributed by atoms with Crippen LogP contribution in [0.3, 0.4) is 0 Å². The molecule has 0 aromatic carbocycles. The van der Waals surface area contributed by atoms with E-state index in [2.05, 4.69) is 10.3 Å². The fourth-order valence-electron chi connectivity index (χ4n) is 2.54. The van der Waals surface area contributed by atoms with Crippen molar-refractivity contribution in [3.05, 3.63) is 11.4 Å². The van der Waals surface area contributed by atoms with Crippen molar-refractivity contribution in [2.24, 2.45) is 0 Å². The summed E-state index contributed by atoms with van der Waals surface area (Å²) in [4.78, 5) is 11.1. The number of hydrogen-bond acceptors (Lipinski definition) is 4. The van der Waals surface area contributed by atoms with E-state index >= 15 is 0 Å². The predicted octanol–water partition coefficient (Wildman–Crippen LogP) is 1.42. The zero-order chi connectivity index (χ0) is 12.5. The number of ether oxygens (including phenoxy) is 1. The normalized spacial score (nSPS) is 23.4. The molecule has 2 aliphatic rings. The third-order valence-corrected chi connectivity index (χ3v) is 3.63. The molecule has 1 aromatic heterocycles. The minimum absolute atomic E-state index is 0.129. The SMILES string of the molecule is O=C(O)c1nnn(CCC2CCCO2)c1C1CC1. The third-order valence-electron chi connectivity index (χ3n) is 3.63. The van der Waals surface area contributed by atoms with Gasteiger partial charge >= 0.3 is 5.97 Å². The highest BCUT2D eigenvalue weighted by atomic mass is 16.5. The average Bonchev–Trinajstić information content (AvgIpc) is 2.91. The van der Waals surface area contributed by atoms with Crippen LogP contribution in [0.5, 0.6) is 0 Å². The van der Waals surface area contributed by atoms with Gasteiger partial charge in [0.25, 0.3) is 0 Å². The molecule has 6 nitrogen and oxygen atoms in total. The highest BCUT2D eigenvalue weighted by Gasteiger charge is 2.33. The van der Waals surface area contributed by atoms with Crippen molar-refractivity contribution in [2.45, 2.75) is 50.7 Å². The second-order valence-electron chi connectivity index (χ2n) is 5.05. The van der Waals surface area contributed by atoms with Gasteiger partial charge in [-0.2, -0.15) is 0 Å². The summed E-state index contributed by atoms with van der Waals surface area (Å²) in [7, 11) is 0. The molecule has 0 spiro atoms. The molecule has 2 heterocycles. The molecule has 98 valence electrons. The smallest absolute Gasteiger partial charge is 0.358 e. The van der Waals surface area contributed by atoms with Crippen molar-refractivity contribution < 1.29 is 14.6 Å². The van der Waals surface area contributed by atoms with Crippen molar-refractivity contribution in [1.82, 2.24) is 15.0 Å². The molecule has 0 amide bonds. The van der Waals surface area contributed by atoms with Gasteiger partial charge < -0.3 is 9.84 Å². The van der Waals surface area contributed by atoms with Crippen LogP contribution in [0.2, 0.25) is 0 Å². The molecule has 18 heavy (non-hydrogen) atoms. The summed E-state index contributed by atoms with van der Waals surface area (Å²) in [6.07, 6.45) is 5.51. The van der Waals surface area contributed by atoms with Crippen molar-refractivity contribution in [3.63, 3.8) is 0 Å². The van der Waals surface area contributed by atoms with Crippen molar-refractivity contribution in [1.29, 1.82) is 0 Å². The maximum absolute atomic E-state index is 11.1. The molecule has 1 aliphatic heterocycles. The molecule has 1 unspecified atom stereocenters. The van der Waals surface area contributed by atoms with Gasteiger partial charge in [-0.1, -0.05) is 5.21 Å². The van der Waals surface area contributed by atoms with Crippen LogP contribution in [-0.4, -0.2) is 38.8 Å². The summed E-state index contributed by atoms with van der Waals surface area (Å²) in [5.74, 6) is -0.629. The summed E-state index contributed by atoms with van der Waals surface area (Å²) >= 11 is 0. The predicted molar refractivity (Wildman–Crippen MR) is 62.5 cm³/mol. The van der Waals surface area contributed by atoms with Crippen molar-refractivity contribution in [2.75, 3.05) is 6.61 Å². The first kappa shape index (κ1) is 11.6. The zero-order valence-corrected chi connectivity index (χ0v) is 10.2. The Hall–Kier alpha value is -1.43. The van der Waals surface area contributed by atoms with E-state index in [0.29, 0.717) is 18.6 Å². The molecular weight excluding hydrogens is 234 g/mol.